The van der Waals surface area contributed by atoms with Crippen LogP contribution in [0.2, 0.25) is 0 Å². The molecule has 0 fully saturated rings. The predicted octanol–water partition coefficient (Wildman–Crippen LogP) is -1.30. The van der Waals surface area contributed by atoms with Gasteiger partial charge in [-0.2, -0.15) is 4.52 Å². The molecule has 0 unspecified atom stereocenters. The lowest BCUT2D eigenvalue weighted by molar-refractivity contribution is 0.854. The van der Waals surface area contributed by atoms with Crippen LogP contribution in [0.1, 0.15) is 5.82 Å². The van der Waals surface area contributed by atoms with Crippen molar-refractivity contribution in [3.05, 3.63) is 16.2 Å². The highest BCUT2D eigenvalue weighted by Crippen LogP contribution is 1.94. The van der Waals surface area contributed by atoms with Crippen molar-refractivity contribution in [2.45, 2.75) is 6.92 Å². The molecule has 2 aromatic heterocycles. The Morgan fingerprint density at radius 2 is 2.25 bits per heavy atom. The Labute approximate surface area is 66.2 Å². The highest BCUT2D eigenvalue weighted by atomic mass is 16.1. The molecule has 0 radical (unpaired) electrons. The van der Waals surface area contributed by atoms with Crippen LogP contribution in [0.4, 0.5) is 5.95 Å². The molecule has 0 atom stereocenters. The van der Waals surface area contributed by atoms with Crippen LogP contribution < -0.4 is 11.3 Å². The lowest BCUT2D eigenvalue weighted by Crippen LogP contribution is -2.16. The van der Waals surface area contributed by atoms with Crippen molar-refractivity contribution >= 4 is 11.6 Å². The van der Waals surface area contributed by atoms with E-state index < -0.39 is 0 Å². The van der Waals surface area contributed by atoms with Gasteiger partial charge in [0.2, 0.25) is 11.6 Å². The first-order chi connectivity index (χ1) is 5.68. The summed E-state index contributed by atoms with van der Waals surface area (Å²) >= 11 is 0. The lowest BCUT2D eigenvalue weighted by Gasteiger charge is -1.93. The summed E-state index contributed by atoms with van der Waals surface area (Å²) in [4.78, 5) is 13.4. The topological polar surface area (TPSA) is 102 Å². The van der Waals surface area contributed by atoms with Gasteiger partial charge in [0.25, 0.3) is 5.56 Å². The normalized spacial score (nSPS) is 10.8. The van der Waals surface area contributed by atoms with Gasteiger partial charge in [0.05, 0.1) is 0 Å². The molecular weight excluding hydrogens is 160 g/mol. The summed E-state index contributed by atoms with van der Waals surface area (Å²) in [5.74, 6) is 0.582. The van der Waals surface area contributed by atoms with Gasteiger partial charge in [0.15, 0.2) is 5.82 Å². The third-order valence-electron chi connectivity index (χ3n) is 1.45. The molecule has 0 aliphatic rings. The van der Waals surface area contributed by atoms with Gasteiger partial charge in [-0.25, -0.2) is 0 Å². The summed E-state index contributed by atoms with van der Waals surface area (Å²) in [6, 6.07) is 0. The summed E-state index contributed by atoms with van der Waals surface area (Å²) < 4.78 is 1.30. The number of aryl methyl sites for hydroxylation is 1. The fourth-order valence-electron chi connectivity index (χ4n) is 0.924. The van der Waals surface area contributed by atoms with E-state index in [9.17, 15) is 4.79 Å². The molecule has 0 spiro atoms. The minimum Gasteiger partial charge on any atom is -0.368 e. The zero-order valence-electron chi connectivity index (χ0n) is 6.27. The number of hydrogen-bond acceptors (Lipinski definition) is 5. The summed E-state index contributed by atoms with van der Waals surface area (Å²) in [5, 5.41) is 11.1. The van der Waals surface area contributed by atoms with Gasteiger partial charge < -0.3 is 5.73 Å². The van der Waals surface area contributed by atoms with Crippen molar-refractivity contribution in [1.82, 2.24) is 24.8 Å². The van der Waals surface area contributed by atoms with Crippen LogP contribution in [-0.4, -0.2) is 24.8 Å². The Balaban J connectivity index is 3.03. The van der Waals surface area contributed by atoms with Crippen molar-refractivity contribution in [2.24, 2.45) is 0 Å². The van der Waals surface area contributed by atoms with E-state index in [1.165, 1.54) is 4.52 Å². The van der Waals surface area contributed by atoms with E-state index in [0.29, 0.717) is 5.82 Å². The van der Waals surface area contributed by atoms with Crippen LogP contribution in [0.3, 0.4) is 0 Å². The van der Waals surface area contributed by atoms with Crippen LogP contribution in [0.15, 0.2) is 4.79 Å². The molecule has 2 aromatic rings. The first-order valence-electron chi connectivity index (χ1n) is 3.26. The van der Waals surface area contributed by atoms with Crippen molar-refractivity contribution in [2.75, 3.05) is 5.73 Å². The molecule has 2 heterocycles. The maximum absolute atomic E-state index is 11.1. The molecule has 2 rings (SSSR count). The van der Waals surface area contributed by atoms with Gasteiger partial charge in [-0.15, -0.1) is 15.3 Å². The fourth-order valence-corrected chi connectivity index (χ4v) is 0.924. The van der Waals surface area contributed by atoms with E-state index >= 15 is 0 Å². The van der Waals surface area contributed by atoms with Crippen molar-refractivity contribution < 1.29 is 0 Å². The highest BCUT2D eigenvalue weighted by molar-refractivity contribution is 5.34. The summed E-state index contributed by atoms with van der Waals surface area (Å²) in [6.45, 7) is 1.69. The molecule has 0 aromatic carbocycles. The second-order valence-corrected chi connectivity index (χ2v) is 2.32. The largest absolute Gasteiger partial charge is 0.368 e. The van der Waals surface area contributed by atoms with E-state index in [0.717, 1.165) is 0 Å². The van der Waals surface area contributed by atoms with Crippen LogP contribution in [-0.2, 0) is 0 Å². The molecule has 0 aliphatic carbocycles. The molecule has 0 bridgehead atoms. The van der Waals surface area contributed by atoms with Gasteiger partial charge in [-0.3, -0.25) is 9.78 Å². The van der Waals surface area contributed by atoms with Gasteiger partial charge in [0.1, 0.15) is 0 Å². The number of aromatic nitrogens is 5. The third-order valence-corrected chi connectivity index (χ3v) is 1.45. The SMILES string of the molecule is Cc1nnc2c(=O)[nH]c(N)nn12. The van der Waals surface area contributed by atoms with Gasteiger partial charge in [-0.05, 0) is 6.92 Å². The molecule has 3 N–H and O–H groups in total. The Morgan fingerprint density at radius 1 is 1.50 bits per heavy atom. The van der Waals surface area contributed by atoms with E-state index in [4.69, 9.17) is 5.73 Å². The Morgan fingerprint density at radius 3 is 3.00 bits per heavy atom. The maximum Gasteiger partial charge on any atom is 0.297 e. The number of fused-ring (bicyclic) bond motifs is 1. The predicted molar refractivity (Wildman–Crippen MR) is 40.6 cm³/mol. The molecule has 0 amide bonds. The van der Waals surface area contributed by atoms with E-state index in [1.807, 2.05) is 0 Å². The number of aromatic amines is 1. The second-order valence-electron chi connectivity index (χ2n) is 2.32. The molecule has 12 heavy (non-hydrogen) atoms. The lowest BCUT2D eigenvalue weighted by atomic mass is 10.7. The van der Waals surface area contributed by atoms with Gasteiger partial charge >= 0.3 is 0 Å². The van der Waals surface area contributed by atoms with E-state index in [2.05, 4.69) is 20.3 Å². The van der Waals surface area contributed by atoms with Crippen LogP contribution in [0.5, 0.6) is 0 Å². The Kier molecular flexibility index (Phi) is 1.15. The minimum atomic E-state index is -0.386. The molecule has 0 aliphatic heterocycles. The first kappa shape index (κ1) is 6.77. The monoisotopic (exact) mass is 166 g/mol. The fraction of sp³-hybridized carbons (Fsp3) is 0.200. The number of nitrogen functional groups attached to an aromatic ring is 1. The van der Waals surface area contributed by atoms with Crippen LogP contribution in [0.25, 0.3) is 5.65 Å². The molecule has 0 saturated heterocycles. The number of anilines is 1. The minimum absolute atomic E-state index is 0.0513. The van der Waals surface area contributed by atoms with Crippen molar-refractivity contribution in [3.8, 4) is 0 Å². The molecular formula is C5H6N6O. The smallest absolute Gasteiger partial charge is 0.297 e. The highest BCUT2D eigenvalue weighted by Gasteiger charge is 2.05. The maximum atomic E-state index is 11.1. The van der Waals surface area contributed by atoms with E-state index in [-0.39, 0.29) is 17.2 Å². The van der Waals surface area contributed by atoms with Crippen molar-refractivity contribution in [3.63, 3.8) is 0 Å². The number of rotatable bonds is 0. The number of hydrogen-bond donors (Lipinski definition) is 2. The molecule has 7 nitrogen and oxygen atoms in total. The Bertz CT molecular complexity index is 482. The van der Waals surface area contributed by atoms with Gasteiger partial charge in [-0.1, -0.05) is 0 Å². The Hall–Kier alpha value is -1.92. The van der Waals surface area contributed by atoms with Crippen LogP contribution >= 0.6 is 0 Å². The quantitative estimate of drug-likeness (QED) is 0.506. The average molecular weight is 166 g/mol. The number of nitrogens with one attached hydrogen (secondary N) is 1. The summed E-state index contributed by atoms with van der Waals surface area (Å²) in [5.41, 5.74) is 5.08. The molecule has 62 valence electrons. The second kappa shape index (κ2) is 2.03. The average Bonchev–Trinajstić information content (AvgIpc) is 2.33. The summed E-state index contributed by atoms with van der Waals surface area (Å²) in [7, 11) is 0. The van der Waals surface area contributed by atoms with Crippen molar-refractivity contribution in [1.29, 1.82) is 0 Å². The standard InChI is InChI=1S/C5H6N6O/c1-2-8-9-3-4(12)7-5(6)10-11(2)3/h1H3,(H3,6,7,10,12). The number of nitrogens with two attached hydrogens (primary N) is 1. The van der Waals surface area contributed by atoms with E-state index in [1.54, 1.807) is 6.92 Å². The number of nitrogens with zero attached hydrogens (tertiary/aromatic N) is 4. The third kappa shape index (κ3) is 0.760. The van der Waals surface area contributed by atoms with Crippen LogP contribution in [0, 0.1) is 6.92 Å². The summed E-state index contributed by atoms with van der Waals surface area (Å²) in [6.07, 6.45) is 0. The first-order valence-corrected chi connectivity index (χ1v) is 3.26. The zero-order valence-corrected chi connectivity index (χ0v) is 6.27. The molecule has 0 saturated carbocycles. The van der Waals surface area contributed by atoms with Gasteiger partial charge in [0, 0.05) is 0 Å². The zero-order chi connectivity index (χ0) is 8.72. The molecule has 7 heteroatoms. The number of H-pyrrole nitrogens is 1.